The maximum absolute atomic E-state index is 12.1. The molecule has 3 fully saturated rings. The molecule has 13 heteroatoms. The first-order valence-electron chi connectivity index (χ1n) is 15.2. The summed E-state index contributed by atoms with van der Waals surface area (Å²) < 4.78 is 60.1. The van der Waals surface area contributed by atoms with Gasteiger partial charge in [0.1, 0.15) is 43.2 Å². The summed E-state index contributed by atoms with van der Waals surface area (Å²) in [5.74, 6) is -1.78. The molecule has 2 aromatic carbocycles. The highest BCUT2D eigenvalue weighted by molar-refractivity contribution is 5.67. The van der Waals surface area contributed by atoms with Crippen LogP contribution in [0.4, 0.5) is 0 Å². The highest BCUT2D eigenvalue weighted by atomic mass is 16.8. The lowest BCUT2D eigenvalue weighted by molar-refractivity contribution is -0.387. The number of rotatable bonds is 11. The van der Waals surface area contributed by atoms with E-state index in [2.05, 4.69) is 0 Å². The van der Waals surface area contributed by atoms with E-state index in [4.69, 9.17) is 47.4 Å². The molecule has 0 spiro atoms. The van der Waals surface area contributed by atoms with E-state index in [1.165, 1.54) is 27.9 Å². The zero-order valence-electron chi connectivity index (χ0n) is 26.2. The van der Waals surface area contributed by atoms with Crippen LogP contribution in [-0.2, 0) is 68.4 Å². The van der Waals surface area contributed by atoms with Gasteiger partial charge in [-0.1, -0.05) is 60.7 Å². The third-order valence-corrected chi connectivity index (χ3v) is 7.74. The molecule has 2 aromatic rings. The van der Waals surface area contributed by atoms with Crippen molar-refractivity contribution in [3.8, 4) is 0 Å². The zero-order valence-corrected chi connectivity index (χ0v) is 26.2. The van der Waals surface area contributed by atoms with Gasteiger partial charge in [0.25, 0.3) is 0 Å². The summed E-state index contributed by atoms with van der Waals surface area (Å²) in [6.45, 7) is 3.84. The Morgan fingerprint density at radius 1 is 0.804 bits per heavy atom. The monoisotopic (exact) mass is 644 g/mol. The fourth-order valence-electron chi connectivity index (χ4n) is 5.77. The Bertz CT molecular complexity index is 1280. The Morgan fingerprint density at radius 2 is 1.50 bits per heavy atom. The standard InChI is InChI=1S/C33H40O13/c1-19(34)38-17-25-28(42-21(3)36)24(41-20(2)35)15-27(43-25)45-30-29-26(18-40-32(46-29)23-13-9-6-10-14-23)44-33(37-4)31(30)39-16-22-11-7-5-8-12-22/h5-14,24-33H,15-18H2,1-4H3/t24-,25?,26?,27-,28+,29-,30?,31?,32?,33+/m1/s1. The van der Waals surface area contributed by atoms with Crippen molar-refractivity contribution in [2.75, 3.05) is 20.3 Å². The van der Waals surface area contributed by atoms with Crippen LogP contribution in [0.25, 0.3) is 0 Å². The van der Waals surface area contributed by atoms with Gasteiger partial charge in [-0.2, -0.15) is 0 Å². The summed E-state index contributed by atoms with van der Waals surface area (Å²) in [5, 5.41) is 0. The molecule has 3 heterocycles. The van der Waals surface area contributed by atoms with E-state index < -0.39 is 79.5 Å². The number of ether oxygens (including phenoxy) is 10. The third-order valence-electron chi connectivity index (χ3n) is 7.74. The smallest absolute Gasteiger partial charge is 0.303 e. The van der Waals surface area contributed by atoms with Crippen LogP contribution in [0.2, 0.25) is 0 Å². The van der Waals surface area contributed by atoms with Gasteiger partial charge in [0, 0.05) is 39.9 Å². The van der Waals surface area contributed by atoms with Gasteiger partial charge < -0.3 is 47.4 Å². The lowest BCUT2D eigenvalue weighted by Crippen LogP contribution is -2.65. The molecule has 5 unspecified atom stereocenters. The van der Waals surface area contributed by atoms with Gasteiger partial charge in [0.05, 0.1) is 13.2 Å². The Balaban J connectivity index is 1.45. The number of hydrogen-bond acceptors (Lipinski definition) is 13. The molecule has 0 aliphatic carbocycles. The number of carbonyl (C=O) groups excluding carboxylic acids is 3. The number of esters is 3. The number of carbonyl (C=O) groups is 3. The molecule has 46 heavy (non-hydrogen) atoms. The van der Waals surface area contributed by atoms with Gasteiger partial charge in [-0.15, -0.1) is 0 Å². The minimum atomic E-state index is -1.05. The van der Waals surface area contributed by atoms with Crippen LogP contribution in [0.3, 0.4) is 0 Å². The fraction of sp³-hybridized carbons (Fsp3) is 0.545. The Morgan fingerprint density at radius 3 is 2.15 bits per heavy atom. The van der Waals surface area contributed by atoms with Crippen LogP contribution >= 0.6 is 0 Å². The van der Waals surface area contributed by atoms with Gasteiger partial charge in [-0.05, 0) is 5.56 Å². The predicted octanol–water partition coefficient (Wildman–Crippen LogP) is 2.98. The summed E-state index contributed by atoms with van der Waals surface area (Å²) >= 11 is 0. The molecule has 3 aliphatic heterocycles. The maximum atomic E-state index is 12.1. The lowest BCUT2D eigenvalue weighted by atomic mass is 9.96. The summed E-state index contributed by atoms with van der Waals surface area (Å²) in [7, 11) is 1.50. The van der Waals surface area contributed by atoms with Crippen LogP contribution < -0.4 is 0 Å². The molecule has 0 N–H and O–H groups in total. The summed E-state index contributed by atoms with van der Waals surface area (Å²) in [5.41, 5.74) is 1.73. The van der Waals surface area contributed by atoms with Crippen LogP contribution in [0.5, 0.6) is 0 Å². The molecule has 0 amide bonds. The molecule has 0 aromatic heterocycles. The first kappa shape index (κ1) is 33.9. The molecule has 0 bridgehead atoms. The van der Waals surface area contributed by atoms with Crippen LogP contribution in [0.15, 0.2) is 60.7 Å². The molecule has 0 saturated carbocycles. The van der Waals surface area contributed by atoms with E-state index in [1.54, 1.807) is 0 Å². The SMILES string of the molecule is CO[C@H]1OC2COC(c3ccccc3)O[C@H]2C(O[C@@H]2C[C@@H](OC(C)=O)[C@H](OC(C)=O)C(COC(C)=O)O2)C1OCc1ccccc1. The van der Waals surface area contributed by atoms with E-state index in [0.717, 1.165) is 11.1 Å². The fourth-order valence-corrected chi connectivity index (χ4v) is 5.77. The van der Waals surface area contributed by atoms with Crippen molar-refractivity contribution in [1.82, 2.24) is 0 Å². The van der Waals surface area contributed by atoms with E-state index >= 15 is 0 Å². The number of benzene rings is 2. The van der Waals surface area contributed by atoms with E-state index in [0.29, 0.717) is 0 Å². The molecular weight excluding hydrogens is 604 g/mol. The average Bonchev–Trinajstić information content (AvgIpc) is 3.04. The molecule has 0 radical (unpaired) electrons. The molecule has 250 valence electrons. The topological polar surface area (TPSA) is 144 Å². The largest absolute Gasteiger partial charge is 0.463 e. The molecule has 10 atom stereocenters. The van der Waals surface area contributed by atoms with Crippen molar-refractivity contribution in [1.29, 1.82) is 0 Å². The second kappa shape index (κ2) is 15.9. The predicted molar refractivity (Wildman–Crippen MR) is 157 cm³/mol. The van der Waals surface area contributed by atoms with Gasteiger partial charge in [-0.25, -0.2) is 0 Å². The molecule has 3 saturated heterocycles. The van der Waals surface area contributed by atoms with Gasteiger partial charge in [0.15, 0.2) is 25.0 Å². The van der Waals surface area contributed by atoms with Crippen molar-refractivity contribution in [2.24, 2.45) is 0 Å². The van der Waals surface area contributed by atoms with Gasteiger partial charge in [0.2, 0.25) is 0 Å². The van der Waals surface area contributed by atoms with Crippen molar-refractivity contribution < 1.29 is 61.8 Å². The second-order valence-corrected chi connectivity index (χ2v) is 11.2. The minimum absolute atomic E-state index is 0.00941. The average molecular weight is 645 g/mol. The third kappa shape index (κ3) is 8.68. The lowest BCUT2D eigenvalue weighted by Gasteiger charge is -2.50. The van der Waals surface area contributed by atoms with Crippen LogP contribution in [-0.4, -0.2) is 93.5 Å². The number of hydrogen-bond donors (Lipinski definition) is 0. The second-order valence-electron chi connectivity index (χ2n) is 11.2. The highest BCUT2D eigenvalue weighted by Gasteiger charge is 2.54. The van der Waals surface area contributed by atoms with Gasteiger partial charge in [-0.3, -0.25) is 14.4 Å². The summed E-state index contributed by atoms with van der Waals surface area (Å²) in [4.78, 5) is 35.8. The number of fused-ring (bicyclic) bond motifs is 1. The summed E-state index contributed by atoms with van der Waals surface area (Å²) in [6.07, 6.45) is -8.61. The molecule has 13 nitrogen and oxygen atoms in total. The van der Waals surface area contributed by atoms with Crippen LogP contribution in [0.1, 0.15) is 44.6 Å². The van der Waals surface area contributed by atoms with Crippen molar-refractivity contribution in [2.45, 2.75) is 95.4 Å². The normalized spacial score (nSPS) is 32.5. The van der Waals surface area contributed by atoms with E-state index in [-0.39, 0.29) is 26.2 Å². The first-order chi connectivity index (χ1) is 22.2. The molecule has 5 rings (SSSR count). The van der Waals surface area contributed by atoms with Gasteiger partial charge >= 0.3 is 17.9 Å². The van der Waals surface area contributed by atoms with Crippen LogP contribution in [0, 0.1) is 0 Å². The van der Waals surface area contributed by atoms with E-state index in [1.807, 2.05) is 60.7 Å². The first-order valence-corrected chi connectivity index (χ1v) is 15.2. The van der Waals surface area contributed by atoms with Crippen molar-refractivity contribution in [3.05, 3.63) is 71.8 Å². The van der Waals surface area contributed by atoms with E-state index in [9.17, 15) is 14.4 Å². The zero-order chi connectivity index (χ0) is 32.6. The molecular formula is C33H40O13. The maximum Gasteiger partial charge on any atom is 0.303 e. The van der Waals surface area contributed by atoms with Crippen molar-refractivity contribution in [3.63, 3.8) is 0 Å². The highest BCUT2D eigenvalue weighted by Crippen LogP contribution is 2.39. The Hall–Kier alpha value is -3.43. The van der Waals surface area contributed by atoms with Crippen molar-refractivity contribution >= 4 is 17.9 Å². The minimum Gasteiger partial charge on any atom is -0.463 e. The quantitative estimate of drug-likeness (QED) is 0.261. The molecule has 3 aliphatic rings. The summed E-state index contributed by atoms with van der Waals surface area (Å²) in [6, 6.07) is 19.1. The number of methoxy groups -OCH3 is 1. The Labute approximate surface area is 267 Å². The Kier molecular flexibility index (Phi) is 11.7.